The van der Waals surface area contributed by atoms with Crippen molar-refractivity contribution in [1.82, 2.24) is 20.6 Å². The number of nitrogens with one attached hydrogen (secondary N) is 2. The monoisotopic (exact) mass is 1160 g/mol. The average molecular weight is 1160 g/mol. The first-order chi connectivity index (χ1) is 36.4. The third-order valence-corrected chi connectivity index (χ3v) is 12.8. The molecule has 76 heavy (non-hydrogen) atoms. The lowest BCUT2D eigenvalue weighted by Crippen LogP contribution is -2.44. The largest absolute Gasteiger partial charge is 0.569 e. The predicted molar refractivity (Wildman–Crippen MR) is 280 cm³/mol. The number of hydrogen-bond donors (Lipinski definition) is 5. The Morgan fingerprint density at radius 3 is 1.47 bits per heavy atom. The van der Waals surface area contributed by atoms with Gasteiger partial charge in [-0.2, -0.15) is 36.9 Å². The van der Waals surface area contributed by atoms with Gasteiger partial charge in [-0.25, -0.2) is 9.97 Å². The van der Waals surface area contributed by atoms with Gasteiger partial charge in [0.1, 0.15) is 35.1 Å². The van der Waals surface area contributed by atoms with Crippen LogP contribution in [0.2, 0.25) is 0 Å². The number of alkyl halides is 6. The van der Waals surface area contributed by atoms with Gasteiger partial charge in [-0.3, -0.25) is 9.59 Å². The smallest absolute Gasteiger partial charge is 0.537 e. The van der Waals surface area contributed by atoms with Crippen molar-refractivity contribution in [1.29, 1.82) is 10.5 Å². The molecule has 6 aromatic rings. The number of nitriles is 2. The maximum atomic E-state index is 13.7. The molecule has 2 aromatic heterocycles. The normalized spacial score (nSPS) is 15.0. The minimum Gasteiger partial charge on any atom is -0.537 e. The lowest BCUT2D eigenvalue weighted by molar-refractivity contribution is -0.141. The Kier molecular flexibility index (Phi) is 21.0. The zero-order valence-electron chi connectivity index (χ0n) is 40.7. The number of pyridine rings is 2. The molecule has 4 heterocycles. The Labute approximate surface area is 449 Å². The van der Waals surface area contributed by atoms with Crippen molar-refractivity contribution in [2.75, 3.05) is 36.0 Å². The molecule has 5 N–H and O–H groups in total. The minimum absolute atomic E-state index is 0.0170. The summed E-state index contributed by atoms with van der Waals surface area (Å²) in [6.45, 7) is 1.54. The number of carbonyl (C=O) groups excluding carboxylic acids is 2. The van der Waals surface area contributed by atoms with E-state index in [0.29, 0.717) is 110 Å². The number of benzene rings is 4. The van der Waals surface area contributed by atoms with Crippen LogP contribution in [0.4, 0.5) is 38.0 Å². The standard InChI is InChI=1S/C27H25F3N4O2.C20H18F3IN4O.C7H8BO3/c28-27(29,30)24-14-22(21-9-7-20(17-35)8-10-21)15-25(33-24)34-13-1-2-23(34)26(36)32-12-11-18-3-5-19(16-31)6-4-18;21-20(22,23)17-10-15(24)11-18(27-17)28-9-1-2-16(28)19(29)26-8-7-13-3-5-14(12-25)6-4-13;9-5-6-1-3-7(4-2-6)11-8-10/h3-10,14-15,23,35H,1-2,11-13,17H2,(H,32,36);3-6,10-11,16H,1-2,7-9H2,(H,26,29);1-4,9-10H,5H2/t23-;16-;/m00./s1. The molecule has 0 saturated carbocycles. The number of anilines is 2. The molecule has 2 aliphatic rings. The fourth-order valence-electron chi connectivity index (χ4n) is 8.30. The Hall–Kier alpha value is -7.25. The third kappa shape index (κ3) is 16.6. The Morgan fingerprint density at radius 2 is 1.05 bits per heavy atom. The molecule has 22 heteroatoms. The van der Waals surface area contributed by atoms with Crippen molar-refractivity contribution in [3.63, 3.8) is 0 Å². The van der Waals surface area contributed by atoms with Gasteiger partial charge < -0.3 is 40.3 Å². The van der Waals surface area contributed by atoms with Gasteiger partial charge in [0, 0.05) is 29.7 Å². The summed E-state index contributed by atoms with van der Waals surface area (Å²) in [4.78, 5) is 36.5. The van der Waals surface area contributed by atoms with Crippen LogP contribution in [0.15, 0.2) is 121 Å². The fourth-order valence-corrected chi connectivity index (χ4v) is 8.88. The summed E-state index contributed by atoms with van der Waals surface area (Å²) in [5.74, 6) is 0.356. The second-order valence-electron chi connectivity index (χ2n) is 17.4. The summed E-state index contributed by atoms with van der Waals surface area (Å²) in [5, 5.41) is 49.6. The van der Waals surface area contributed by atoms with Crippen LogP contribution in [-0.4, -0.2) is 83.0 Å². The molecule has 395 valence electrons. The van der Waals surface area contributed by atoms with Crippen LogP contribution in [0, 0.1) is 26.2 Å². The quantitative estimate of drug-likeness (QED) is 0.0373. The van der Waals surface area contributed by atoms with E-state index in [-0.39, 0.29) is 36.7 Å². The van der Waals surface area contributed by atoms with Gasteiger partial charge in [-0.1, -0.05) is 60.7 Å². The van der Waals surface area contributed by atoms with Crippen molar-refractivity contribution >= 4 is 53.7 Å². The van der Waals surface area contributed by atoms with Crippen LogP contribution in [0.1, 0.15) is 70.5 Å². The summed E-state index contributed by atoms with van der Waals surface area (Å²) in [6, 6.07) is 35.7. The van der Waals surface area contributed by atoms with E-state index in [0.717, 1.165) is 28.8 Å². The number of hydrogen-bond acceptors (Lipinski definition) is 12. The molecule has 2 saturated heterocycles. The first kappa shape index (κ1) is 58.0. The fraction of sp³-hybridized carbons (Fsp3) is 0.296. The van der Waals surface area contributed by atoms with Gasteiger partial charge in [-0.05, 0) is 155 Å². The number of carbonyl (C=O) groups is 2. The van der Waals surface area contributed by atoms with Crippen LogP contribution in [-0.2, 0) is 48.0 Å². The van der Waals surface area contributed by atoms with Crippen molar-refractivity contribution in [3.8, 4) is 29.0 Å². The van der Waals surface area contributed by atoms with Crippen LogP contribution in [0.25, 0.3) is 11.1 Å². The van der Waals surface area contributed by atoms with Gasteiger partial charge in [-0.15, -0.1) is 0 Å². The molecule has 8 rings (SSSR count). The molecular weight excluding hydrogens is 1110 g/mol. The first-order valence-corrected chi connectivity index (χ1v) is 24.9. The highest BCUT2D eigenvalue weighted by atomic mass is 127. The SMILES string of the molecule is N#Cc1ccc(CCNC(=O)[C@@H]2CCCN2c2cc(-c3ccc(CO)cc3)cc(C(F)(F)F)n2)cc1.N#Cc1ccc(CCNC(=O)[C@@H]2CCCN2c2cc(I)cc(C(F)(F)F)n2)cc1.O[B]Oc1ccc(CO)cc1. The maximum Gasteiger partial charge on any atom is 0.569 e. The first-order valence-electron chi connectivity index (χ1n) is 23.9. The second-order valence-corrected chi connectivity index (χ2v) is 18.7. The average Bonchev–Trinajstić information content (AvgIpc) is 4.14. The van der Waals surface area contributed by atoms with E-state index in [1.807, 2.05) is 46.9 Å². The highest BCUT2D eigenvalue weighted by molar-refractivity contribution is 14.1. The number of rotatable bonds is 15. The van der Waals surface area contributed by atoms with Crippen LogP contribution in [0.3, 0.4) is 0 Å². The van der Waals surface area contributed by atoms with Crippen LogP contribution in [0.5, 0.6) is 5.75 Å². The Morgan fingerprint density at radius 1 is 0.632 bits per heavy atom. The topological polar surface area (TPSA) is 208 Å². The maximum absolute atomic E-state index is 13.7. The third-order valence-electron chi connectivity index (χ3n) is 12.2. The van der Waals surface area contributed by atoms with E-state index in [2.05, 4.69) is 37.4 Å². The van der Waals surface area contributed by atoms with Crippen LogP contribution >= 0.6 is 22.6 Å². The van der Waals surface area contributed by atoms with E-state index in [1.54, 1.807) is 94.7 Å². The van der Waals surface area contributed by atoms with Crippen molar-refractivity contribution in [2.24, 2.45) is 0 Å². The molecule has 0 unspecified atom stereocenters. The lowest BCUT2D eigenvalue weighted by atomic mass is 10.0. The predicted octanol–water partition coefficient (Wildman–Crippen LogP) is 8.45. The highest BCUT2D eigenvalue weighted by Gasteiger charge is 2.38. The van der Waals surface area contributed by atoms with Gasteiger partial charge in [0.25, 0.3) is 0 Å². The minimum atomic E-state index is -4.64. The van der Waals surface area contributed by atoms with E-state index < -0.39 is 35.8 Å². The molecular formula is C54H51BF6IN8O6. The molecule has 4 aromatic carbocycles. The summed E-state index contributed by atoms with van der Waals surface area (Å²) in [7, 11) is 0.619. The molecule has 1 radical (unpaired) electrons. The molecule has 0 spiro atoms. The van der Waals surface area contributed by atoms with Crippen molar-refractivity contribution in [3.05, 3.63) is 170 Å². The summed E-state index contributed by atoms with van der Waals surface area (Å²) < 4.78 is 85.4. The van der Waals surface area contributed by atoms with Gasteiger partial charge in [0.15, 0.2) is 0 Å². The lowest BCUT2D eigenvalue weighted by Gasteiger charge is -2.26. The molecule has 2 fully saturated rings. The number of aliphatic hydroxyl groups excluding tert-OH is 2. The summed E-state index contributed by atoms with van der Waals surface area (Å²) >= 11 is 1.83. The van der Waals surface area contributed by atoms with Gasteiger partial charge in [0.05, 0.1) is 42.2 Å². The molecule has 2 atom stereocenters. The summed E-state index contributed by atoms with van der Waals surface area (Å²) in [6.07, 6.45) is -5.56. The Balaban J connectivity index is 0.000000209. The van der Waals surface area contributed by atoms with E-state index >= 15 is 0 Å². The van der Waals surface area contributed by atoms with Crippen molar-refractivity contribution in [2.45, 2.75) is 76.2 Å². The number of aromatic nitrogens is 2. The second kappa shape index (κ2) is 27.5. The van der Waals surface area contributed by atoms with Gasteiger partial charge >= 0.3 is 20.0 Å². The number of amides is 2. The number of nitrogens with zero attached hydrogens (tertiary/aromatic N) is 6. The van der Waals surface area contributed by atoms with Crippen LogP contribution < -0.4 is 25.1 Å². The van der Waals surface area contributed by atoms with E-state index in [1.165, 1.54) is 0 Å². The summed E-state index contributed by atoms with van der Waals surface area (Å²) in [5.41, 5.74) is 3.48. The molecule has 0 bridgehead atoms. The number of aliphatic hydroxyl groups is 2. The van der Waals surface area contributed by atoms with Gasteiger partial charge in [0.2, 0.25) is 11.8 Å². The number of halogens is 7. The van der Waals surface area contributed by atoms with E-state index in [4.69, 9.17) is 20.7 Å². The molecule has 2 amide bonds. The highest BCUT2D eigenvalue weighted by Crippen LogP contribution is 2.36. The zero-order valence-corrected chi connectivity index (χ0v) is 42.8. The zero-order chi connectivity index (χ0) is 54.8. The van der Waals surface area contributed by atoms with Crippen molar-refractivity contribution < 1.29 is 55.8 Å². The Bertz CT molecular complexity index is 2960. The molecule has 2 aliphatic heterocycles. The van der Waals surface area contributed by atoms with E-state index in [9.17, 15) is 41.0 Å². The molecule has 14 nitrogen and oxygen atoms in total. The molecule has 0 aliphatic carbocycles.